The zero-order valence-electron chi connectivity index (χ0n) is 18.2. The van der Waals surface area contributed by atoms with Crippen LogP contribution in [-0.2, 0) is 11.2 Å². The van der Waals surface area contributed by atoms with Gasteiger partial charge in [-0.15, -0.1) is 17.9 Å². The van der Waals surface area contributed by atoms with E-state index in [-0.39, 0.29) is 11.9 Å². The topological polar surface area (TPSA) is 53.0 Å². The lowest BCUT2D eigenvalue weighted by Gasteiger charge is -2.38. The van der Waals surface area contributed by atoms with Crippen molar-refractivity contribution in [1.29, 1.82) is 0 Å². The number of hydrogen-bond donors (Lipinski definition) is 1. The van der Waals surface area contributed by atoms with Crippen LogP contribution in [0.2, 0.25) is 0 Å². The van der Waals surface area contributed by atoms with Gasteiger partial charge in [-0.1, -0.05) is 24.3 Å². The lowest BCUT2D eigenvalue weighted by molar-refractivity contribution is -0.136. The van der Waals surface area contributed by atoms with E-state index in [2.05, 4.69) is 22.9 Å². The molecular weight excluding hydrogens is 408 g/mol. The van der Waals surface area contributed by atoms with Crippen molar-refractivity contribution in [3.05, 3.63) is 64.9 Å². The van der Waals surface area contributed by atoms with Gasteiger partial charge in [0.1, 0.15) is 12.4 Å². The molecule has 2 heterocycles. The maximum absolute atomic E-state index is 13.5. The number of thiophene rings is 1. The van der Waals surface area contributed by atoms with E-state index >= 15 is 0 Å². The van der Waals surface area contributed by atoms with E-state index in [4.69, 9.17) is 4.74 Å². The van der Waals surface area contributed by atoms with Crippen LogP contribution in [0.1, 0.15) is 36.2 Å². The van der Waals surface area contributed by atoms with Crippen LogP contribution in [0.5, 0.6) is 5.75 Å². The highest BCUT2D eigenvalue weighted by atomic mass is 32.1. The number of carbonyl (C=O) groups is 1. The second-order valence-corrected chi connectivity index (χ2v) is 9.95. The van der Waals surface area contributed by atoms with Gasteiger partial charge in [0.05, 0.1) is 18.2 Å². The summed E-state index contributed by atoms with van der Waals surface area (Å²) in [6, 6.07) is 11.8. The van der Waals surface area contributed by atoms with Gasteiger partial charge in [-0.25, -0.2) is 0 Å². The summed E-state index contributed by atoms with van der Waals surface area (Å²) >= 11 is 1.76. The number of aliphatic hydroxyl groups is 1. The molecule has 2 aromatic rings. The number of nitrogens with zero attached hydrogens (tertiary/aromatic N) is 2. The van der Waals surface area contributed by atoms with Gasteiger partial charge in [0.15, 0.2) is 0 Å². The van der Waals surface area contributed by atoms with Crippen molar-refractivity contribution >= 4 is 17.2 Å². The summed E-state index contributed by atoms with van der Waals surface area (Å²) in [7, 11) is 0. The van der Waals surface area contributed by atoms with E-state index in [9.17, 15) is 9.90 Å². The van der Waals surface area contributed by atoms with Crippen molar-refractivity contribution in [2.45, 2.75) is 37.8 Å². The maximum Gasteiger partial charge on any atom is 0.237 e. The third kappa shape index (κ3) is 5.76. The van der Waals surface area contributed by atoms with Crippen molar-refractivity contribution < 1.29 is 14.6 Å². The van der Waals surface area contributed by atoms with Crippen LogP contribution in [0, 0.1) is 5.92 Å². The van der Waals surface area contributed by atoms with Gasteiger partial charge in [-0.3, -0.25) is 9.69 Å². The van der Waals surface area contributed by atoms with Crippen LogP contribution in [0.25, 0.3) is 0 Å². The average Bonchev–Trinajstić information content (AvgIpc) is 3.44. The monoisotopic (exact) mass is 440 g/mol. The number of carbonyl (C=O) groups excluding carboxylic acids is 1. The van der Waals surface area contributed by atoms with E-state index in [1.807, 2.05) is 35.2 Å². The lowest BCUT2D eigenvalue weighted by Crippen LogP contribution is -2.49. The molecule has 2 aliphatic rings. The van der Waals surface area contributed by atoms with Gasteiger partial charge in [-0.05, 0) is 61.2 Å². The van der Waals surface area contributed by atoms with E-state index in [1.54, 1.807) is 24.3 Å². The van der Waals surface area contributed by atoms with Crippen molar-refractivity contribution in [2.75, 3.05) is 32.8 Å². The summed E-state index contributed by atoms with van der Waals surface area (Å²) in [5.41, 5.74) is 0.195. The highest BCUT2D eigenvalue weighted by molar-refractivity contribution is 7.10. The molecule has 1 saturated carbocycles. The quantitative estimate of drug-likeness (QED) is 0.570. The number of rotatable bonds is 10. The Bertz CT molecular complexity index is 891. The number of benzene rings is 1. The summed E-state index contributed by atoms with van der Waals surface area (Å²) in [5, 5.41) is 12.6. The predicted molar refractivity (Wildman–Crippen MR) is 124 cm³/mol. The van der Waals surface area contributed by atoms with Crippen LogP contribution in [0.4, 0.5) is 0 Å². The van der Waals surface area contributed by atoms with E-state index < -0.39 is 5.60 Å². The molecule has 5 nitrogen and oxygen atoms in total. The van der Waals surface area contributed by atoms with Gasteiger partial charge in [0.25, 0.3) is 0 Å². The molecule has 1 aromatic heterocycles. The molecule has 1 aliphatic carbocycles. The van der Waals surface area contributed by atoms with Crippen LogP contribution >= 0.6 is 11.3 Å². The van der Waals surface area contributed by atoms with Crippen molar-refractivity contribution in [2.24, 2.45) is 5.92 Å². The Morgan fingerprint density at radius 2 is 2.13 bits per heavy atom. The molecule has 6 heteroatoms. The summed E-state index contributed by atoms with van der Waals surface area (Å²) < 4.78 is 6.07. The predicted octanol–water partition coefficient (Wildman–Crippen LogP) is 3.90. The van der Waals surface area contributed by atoms with Crippen LogP contribution in [0.15, 0.2) is 54.4 Å². The number of fused-ring (bicyclic) bond motifs is 1. The highest BCUT2D eigenvalue weighted by Crippen LogP contribution is 2.34. The molecule has 1 amide bonds. The molecule has 2 unspecified atom stereocenters. The third-order valence-corrected chi connectivity index (χ3v) is 7.12. The summed E-state index contributed by atoms with van der Waals surface area (Å²) in [6.45, 7) is 8.20. The Hall–Kier alpha value is -2.15. The smallest absolute Gasteiger partial charge is 0.237 e. The first-order valence-corrected chi connectivity index (χ1v) is 11.9. The number of ether oxygens (including phenoxy) is 1. The molecule has 1 N–H and O–H groups in total. The number of para-hydroxylation sites is 1. The molecule has 1 aromatic carbocycles. The Morgan fingerprint density at radius 1 is 1.35 bits per heavy atom. The van der Waals surface area contributed by atoms with Gasteiger partial charge in [0, 0.05) is 24.5 Å². The van der Waals surface area contributed by atoms with Crippen LogP contribution in [0.3, 0.4) is 0 Å². The van der Waals surface area contributed by atoms with Gasteiger partial charge in [0.2, 0.25) is 5.91 Å². The van der Waals surface area contributed by atoms with Crippen LogP contribution in [-0.4, -0.2) is 59.2 Å². The fourth-order valence-corrected chi connectivity index (χ4v) is 5.14. The number of hydrogen-bond acceptors (Lipinski definition) is 5. The van der Waals surface area contributed by atoms with Crippen molar-refractivity contribution in [3.63, 3.8) is 0 Å². The lowest BCUT2D eigenvalue weighted by atomic mass is 10.00. The first kappa shape index (κ1) is 22.1. The molecule has 166 valence electrons. The minimum atomic E-state index is -1.01. The zero-order valence-corrected chi connectivity index (χ0v) is 19.0. The molecule has 4 rings (SSSR count). The largest absolute Gasteiger partial charge is 0.491 e. The molecular formula is C25H32N2O3S. The van der Waals surface area contributed by atoms with Crippen LogP contribution < -0.4 is 4.74 Å². The zero-order chi connectivity index (χ0) is 21.8. The van der Waals surface area contributed by atoms with Gasteiger partial charge in [-0.2, -0.15) is 0 Å². The second kappa shape index (κ2) is 9.55. The SMILES string of the molecule is C=CC(C)(O)CN(CC(=O)N1CCc2sccc2C1COc1ccccc1)CC1CC1. The van der Waals surface area contributed by atoms with Crippen molar-refractivity contribution in [3.8, 4) is 5.75 Å². The Morgan fingerprint density at radius 3 is 2.84 bits per heavy atom. The Labute approximate surface area is 188 Å². The summed E-state index contributed by atoms with van der Waals surface area (Å²) in [6.07, 6.45) is 4.85. The molecule has 31 heavy (non-hydrogen) atoms. The Balaban J connectivity index is 1.48. The maximum atomic E-state index is 13.5. The fourth-order valence-electron chi connectivity index (χ4n) is 4.22. The molecule has 1 aliphatic heterocycles. The normalized spacial score (nSPS) is 20.2. The second-order valence-electron chi connectivity index (χ2n) is 8.95. The van der Waals surface area contributed by atoms with Crippen molar-refractivity contribution in [1.82, 2.24) is 9.80 Å². The first-order valence-electron chi connectivity index (χ1n) is 11.1. The molecule has 1 fully saturated rings. The minimum absolute atomic E-state index is 0.0922. The summed E-state index contributed by atoms with van der Waals surface area (Å²) in [5.74, 6) is 1.55. The van der Waals surface area contributed by atoms with E-state index in [0.29, 0.717) is 32.2 Å². The standard InChI is InChI=1S/C25H32N2O3S/c1-3-25(2,29)18-26(15-19-9-10-19)16-24(28)27-13-11-23-21(12-14-31-23)22(27)17-30-20-7-5-4-6-8-20/h3-8,12,14,19,22,29H,1,9-11,13,15-18H2,2H3. The Kier molecular flexibility index (Phi) is 6.80. The third-order valence-electron chi connectivity index (χ3n) is 6.12. The van der Waals surface area contributed by atoms with E-state index in [0.717, 1.165) is 18.7 Å². The highest BCUT2D eigenvalue weighted by Gasteiger charge is 2.35. The molecule has 0 saturated heterocycles. The molecule has 0 radical (unpaired) electrons. The fraction of sp³-hybridized carbons (Fsp3) is 0.480. The van der Waals surface area contributed by atoms with E-state index in [1.165, 1.54) is 23.3 Å². The minimum Gasteiger partial charge on any atom is -0.491 e. The first-order chi connectivity index (χ1) is 14.9. The average molecular weight is 441 g/mol. The molecule has 0 bridgehead atoms. The summed E-state index contributed by atoms with van der Waals surface area (Å²) in [4.78, 5) is 18.9. The van der Waals surface area contributed by atoms with Gasteiger partial charge >= 0.3 is 0 Å². The van der Waals surface area contributed by atoms with Gasteiger partial charge < -0.3 is 14.7 Å². The molecule has 0 spiro atoms. The number of amides is 1. The molecule has 2 atom stereocenters.